The van der Waals surface area contributed by atoms with E-state index < -0.39 is 8.07 Å². The van der Waals surface area contributed by atoms with Crippen LogP contribution in [-0.4, -0.2) is 14.6 Å². The lowest BCUT2D eigenvalue weighted by molar-refractivity contribution is 0.677. The van der Waals surface area contributed by atoms with Gasteiger partial charge in [-0.05, 0) is 30.5 Å². The van der Waals surface area contributed by atoms with Crippen molar-refractivity contribution in [2.24, 2.45) is 5.92 Å². The molecule has 0 heterocycles. The Morgan fingerprint density at radius 2 is 1.57 bits per heavy atom. The molecule has 0 saturated carbocycles. The smallest absolute Gasteiger partial charge is 0.0809 e. The van der Waals surface area contributed by atoms with Crippen molar-refractivity contribution in [1.82, 2.24) is 0 Å². The van der Waals surface area contributed by atoms with Gasteiger partial charge in [-0.3, -0.25) is 0 Å². The molecular formula is C19H27NSi. The zero-order valence-corrected chi connectivity index (χ0v) is 14.7. The minimum Gasteiger partial charge on any atom is -0.385 e. The van der Waals surface area contributed by atoms with Gasteiger partial charge in [0.05, 0.1) is 8.07 Å². The van der Waals surface area contributed by atoms with E-state index in [-0.39, 0.29) is 0 Å². The Morgan fingerprint density at radius 1 is 0.952 bits per heavy atom. The molecule has 0 saturated heterocycles. The number of nitrogens with one attached hydrogen (secondary N) is 1. The van der Waals surface area contributed by atoms with Gasteiger partial charge in [-0.25, -0.2) is 0 Å². The second kappa shape index (κ2) is 6.95. The molecule has 1 atom stereocenters. The van der Waals surface area contributed by atoms with Crippen molar-refractivity contribution >= 4 is 18.9 Å². The van der Waals surface area contributed by atoms with Gasteiger partial charge in [-0.15, -0.1) is 0 Å². The van der Waals surface area contributed by atoms with Crippen molar-refractivity contribution in [3.8, 4) is 0 Å². The van der Waals surface area contributed by atoms with Crippen molar-refractivity contribution in [1.29, 1.82) is 0 Å². The second-order valence-electron chi connectivity index (χ2n) is 6.76. The maximum atomic E-state index is 3.61. The van der Waals surface area contributed by atoms with E-state index >= 15 is 0 Å². The third-order valence-corrected chi connectivity index (χ3v) is 7.81. The van der Waals surface area contributed by atoms with Gasteiger partial charge >= 0.3 is 0 Å². The van der Waals surface area contributed by atoms with E-state index in [9.17, 15) is 0 Å². The van der Waals surface area contributed by atoms with Gasteiger partial charge in [0.1, 0.15) is 0 Å². The summed E-state index contributed by atoms with van der Waals surface area (Å²) >= 11 is 0. The fourth-order valence-corrected chi connectivity index (χ4v) is 6.22. The fourth-order valence-electron chi connectivity index (χ4n) is 3.01. The Labute approximate surface area is 130 Å². The van der Waals surface area contributed by atoms with Crippen molar-refractivity contribution < 1.29 is 0 Å². The highest BCUT2D eigenvalue weighted by molar-refractivity contribution is 6.89. The minimum atomic E-state index is -1.33. The molecule has 2 aromatic rings. The van der Waals surface area contributed by atoms with Gasteiger partial charge in [0.15, 0.2) is 0 Å². The quantitative estimate of drug-likeness (QED) is 0.765. The molecule has 0 amide bonds. The third-order valence-electron chi connectivity index (χ3n) is 4.20. The molecule has 2 rings (SSSR count). The number of benzene rings is 2. The van der Waals surface area contributed by atoms with Gasteiger partial charge in [0.25, 0.3) is 0 Å². The third kappa shape index (κ3) is 4.47. The molecule has 2 aromatic carbocycles. The molecule has 2 heteroatoms. The summed E-state index contributed by atoms with van der Waals surface area (Å²) < 4.78 is 0. The Balaban J connectivity index is 1.93. The van der Waals surface area contributed by atoms with Crippen LogP contribution >= 0.6 is 0 Å². The number of hydrogen-bond donors (Lipinski definition) is 1. The number of para-hydroxylation sites is 1. The number of anilines is 1. The molecule has 0 fully saturated rings. The van der Waals surface area contributed by atoms with Crippen LogP contribution in [0.1, 0.15) is 12.5 Å². The van der Waals surface area contributed by atoms with Gasteiger partial charge < -0.3 is 5.32 Å². The average molecular weight is 298 g/mol. The van der Waals surface area contributed by atoms with Gasteiger partial charge in [-0.1, -0.05) is 73.7 Å². The first-order valence-corrected chi connectivity index (χ1v) is 11.0. The number of aryl methyl sites for hydroxylation is 1. The zero-order valence-electron chi connectivity index (χ0n) is 13.7. The summed E-state index contributed by atoms with van der Waals surface area (Å²) in [4.78, 5) is 0. The maximum absolute atomic E-state index is 3.61. The lowest BCUT2D eigenvalue weighted by atomic mass is 10.1. The number of rotatable bonds is 6. The SMILES string of the molecule is Cc1ccccc1NCC(C)C[Si](C)(C)c1ccccc1. The second-order valence-corrected chi connectivity index (χ2v) is 11.5. The lowest BCUT2D eigenvalue weighted by Gasteiger charge is -2.27. The molecule has 0 bridgehead atoms. The Bertz CT molecular complexity index is 563. The van der Waals surface area contributed by atoms with Gasteiger partial charge in [0.2, 0.25) is 0 Å². The highest BCUT2D eigenvalue weighted by Gasteiger charge is 2.25. The highest BCUT2D eigenvalue weighted by Crippen LogP contribution is 2.19. The molecule has 21 heavy (non-hydrogen) atoms. The molecule has 1 nitrogen and oxygen atoms in total. The molecule has 1 N–H and O–H groups in total. The summed E-state index contributed by atoms with van der Waals surface area (Å²) in [6.45, 7) is 10.5. The van der Waals surface area contributed by atoms with Crippen molar-refractivity contribution in [3.63, 3.8) is 0 Å². The molecule has 0 spiro atoms. The van der Waals surface area contributed by atoms with Crippen LogP contribution in [0, 0.1) is 12.8 Å². The van der Waals surface area contributed by atoms with Crippen LogP contribution in [0.2, 0.25) is 19.1 Å². The van der Waals surface area contributed by atoms with Crippen molar-refractivity contribution in [2.75, 3.05) is 11.9 Å². The molecule has 0 aliphatic rings. The van der Waals surface area contributed by atoms with E-state index in [1.165, 1.54) is 17.3 Å². The minimum absolute atomic E-state index is 0.687. The fraction of sp³-hybridized carbons (Fsp3) is 0.368. The Morgan fingerprint density at radius 3 is 2.24 bits per heavy atom. The van der Waals surface area contributed by atoms with Crippen LogP contribution < -0.4 is 10.5 Å². The summed E-state index contributed by atoms with van der Waals surface area (Å²) in [5, 5.41) is 5.17. The molecule has 0 aliphatic heterocycles. The van der Waals surface area contributed by atoms with E-state index in [1.54, 1.807) is 5.19 Å². The first kappa shape index (κ1) is 15.8. The normalized spacial score (nSPS) is 13.0. The summed E-state index contributed by atoms with van der Waals surface area (Å²) in [5.41, 5.74) is 2.59. The van der Waals surface area contributed by atoms with E-state index in [2.05, 4.69) is 86.9 Å². The summed E-state index contributed by atoms with van der Waals surface area (Å²) in [7, 11) is -1.33. The van der Waals surface area contributed by atoms with Crippen LogP contribution in [0.25, 0.3) is 0 Å². The first-order chi connectivity index (χ1) is 9.99. The highest BCUT2D eigenvalue weighted by atomic mass is 28.3. The standard InChI is InChI=1S/C19H27NSi/c1-16(14-20-19-13-9-8-10-17(19)2)15-21(3,4)18-11-6-5-7-12-18/h5-13,16,20H,14-15H2,1-4H3. The molecule has 0 aliphatic carbocycles. The van der Waals surface area contributed by atoms with Gasteiger partial charge in [-0.2, -0.15) is 0 Å². The molecule has 112 valence electrons. The number of hydrogen-bond acceptors (Lipinski definition) is 1. The van der Waals surface area contributed by atoms with Crippen LogP contribution in [0.3, 0.4) is 0 Å². The Hall–Kier alpha value is -1.54. The van der Waals surface area contributed by atoms with E-state index in [1.807, 2.05) is 0 Å². The summed E-state index contributed by atoms with van der Waals surface area (Å²) in [6.07, 6.45) is 0. The van der Waals surface area contributed by atoms with Crippen LogP contribution in [0.5, 0.6) is 0 Å². The largest absolute Gasteiger partial charge is 0.385 e. The molecular weight excluding hydrogens is 270 g/mol. The molecule has 0 aromatic heterocycles. The topological polar surface area (TPSA) is 12.0 Å². The predicted octanol–water partition coefficient (Wildman–Crippen LogP) is 4.66. The van der Waals surface area contributed by atoms with Crippen LogP contribution in [0.4, 0.5) is 5.69 Å². The van der Waals surface area contributed by atoms with Crippen molar-refractivity contribution in [3.05, 3.63) is 60.2 Å². The van der Waals surface area contributed by atoms with Crippen LogP contribution in [-0.2, 0) is 0 Å². The van der Waals surface area contributed by atoms with E-state index in [0.717, 1.165) is 6.54 Å². The maximum Gasteiger partial charge on any atom is 0.0809 e. The summed E-state index contributed by atoms with van der Waals surface area (Å²) in [6, 6.07) is 20.9. The first-order valence-electron chi connectivity index (χ1n) is 7.84. The lowest BCUT2D eigenvalue weighted by Crippen LogP contribution is -2.43. The summed E-state index contributed by atoms with van der Waals surface area (Å²) in [5.74, 6) is 0.687. The van der Waals surface area contributed by atoms with E-state index in [0.29, 0.717) is 5.92 Å². The zero-order chi connectivity index (χ0) is 15.3. The van der Waals surface area contributed by atoms with Gasteiger partial charge in [0, 0.05) is 12.2 Å². The average Bonchev–Trinajstić information content (AvgIpc) is 2.47. The molecule has 0 radical (unpaired) electrons. The predicted molar refractivity (Wildman–Crippen MR) is 97.2 cm³/mol. The van der Waals surface area contributed by atoms with E-state index in [4.69, 9.17) is 0 Å². The van der Waals surface area contributed by atoms with Crippen LogP contribution in [0.15, 0.2) is 54.6 Å². The monoisotopic (exact) mass is 297 g/mol. The molecule has 1 unspecified atom stereocenters. The Kier molecular flexibility index (Phi) is 5.24. The van der Waals surface area contributed by atoms with Crippen molar-refractivity contribution in [2.45, 2.75) is 33.0 Å².